The predicted octanol–water partition coefficient (Wildman–Crippen LogP) is 3.25. The van der Waals surface area contributed by atoms with Crippen LogP contribution in [0, 0.1) is 0 Å². The molecule has 1 N–H and O–H groups in total. The summed E-state index contributed by atoms with van der Waals surface area (Å²) in [6, 6.07) is 10.9. The van der Waals surface area contributed by atoms with Gasteiger partial charge in [0.1, 0.15) is 17.1 Å². The van der Waals surface area contributed by atoms with Crippen LogP contribution >= 0.6 is 11.3 Å². The first-order valence-corrected chi connectivity index (χ1v) is 10.5. The predicted molar refractivity (Wildman–Crippen MR) is 119 cm³/mol. The molecule has 5 rings (SSSR count). The molecule has 0 aliphatic heterocycles. The molecule has 0 saturated heterocycles. The van der Waals surface area contributed by atoms with E-state index in [1.54, 1.807) is 54.5 Å². The van der Waals surface area contributed by atoms with E-state index < -0.39 is 0 Å². The average Bonchev–Trinajstić information content (AvgIpc) is 3.50. The third kappa shape index (κ3) is 4.03. The van der Waals surface area contributed by atoms with Crippen LogP contribution in [0.3, 0.4) is 0 Å². The van der Waals surface area contributed by atoms with Crippen LogP contribution in [-0.4, -0.2) is 42.6 Å². The van der Waals surface area contributed by atoms with Crippen LogP contribution in [0.25, 0.3) is 27.6 Å². The average molecular weight is 443 g/mol. The molecular weight excluding hydrogens is 426 g/mol. The van der Waals surface area contributed by atoms with Crippen molar-refractivity contribution in [1.82, 2.24) is 34.9 Å². The molecule has 0 unspecified atom stereocenters. The Bertz CT molecular complexity index is 1380. The minimum Gasteiger partial charge on any atom is -0.497 e. The SMILES string of the molecule is COc1ccc(C(=O)NCc2cnc(-c3ccn4nc(-c5cncnc5)nc4c3)s2)cc1. The largest absolute Gasteiger partial charge is 0.497 e. The van der Waals surface area contributed by atoms with Crippen molar-refractivity contribution in [2.24, 2.45) is 0 Å². The van der Waals surface area contributed by atoms with E-state index >= 15 is 0 Å². The number of fused-ring (bicyclic) bond motifs is 1. The Labute approximate surface area is 186 Å². The molecule has 0 spiro atoms. The highest BCUT2D eigenvalue weighted by atomic mass is 32.1. The third-order valence-electron chi connectivity index (χ3n) is 4.73. The monoisotopic (exact) mass is 443 g/mol. The maximum Gasteiger partial charge on any atom is 0.251 e. The number of hydrogen-bond acceptors (Lipinski definition) is 8. The van der Waals surface area contributed by atoms with Crippen molar-refractivity contribution in [3.05, 3.63) is 78.0 Å². The third-order valence-corrected chi connectivity index (χ3v) is 5.78. The summed E-state index contributed by atoms with van der Waals surface area (Å²) in [6.07, 6.45) is 8.44. The quantitative estimate of drug-likeness (QED) is 0.429. The molecule has 10 heteroatoms. The van der Waals surface area contributed by atoms with Crippen LogP contribution in [0.5, 0.6) is 5.75 Å². The Morgan fingerprint density at radius 3 is 2.69 bits per heavy atom. The molecule has 32 heavy (non-hydrogen) atoms. The van der Waals surface area contributed by atoms with Crippen LogP contribution in [0.15, 0.2) is 67.5 Å². The summed E-state index contributed by atoms with van der Waals surface area (Å²) in [5.41, 5.74) is 2.96. The lowest BCUT2D eigenvalue weighted by molar-refractivity contribution is 0.0951. The second-order valence-corrected chi connectivity index (χ2v) is 7.94. The van der Waals surface area contributed by atoms with Gasteiger partial charge in [0.25, 0.3) is 5.91 Å². The number of nitrogens with one attached hydrogen (secondary N) is 1. The number of pyridine rings is 1. The van der Waals surface area contributed by atoms with E-state index in [4.69, 9.17) is 4.74 Å². The number of nitrogens with zero attached hydrogens (tertiary/aromatic N) is 6. The second-order valence-electron chi connectivity index (χ2n) is 6.82. The van der Waals surface area contributed by atoms with Gasteiger partial charge in [-0.05, 0) is 36.4 Å². The maximum absolute atomic E-state index is 12.4. The second kappa shape index (κ2) is 8.52. The molecule has 0 atom stereocenters. The number of hydrogen-bond donors (Lipinski definition) is 1. The summed E-state index contributed by atoms with van der Waals surface area (Å²) in [4.78, 5) is 30.4. The molecule has 1 amide bonds. The summed E-state index contributed by atoms with van der Waals surface area (Å²) in [5, 5.41) is 8.23. The van der Waals surface area contributed by atoms with Gasteiger partial charge < -0.3 is 10.1 Å². The van der Waals surface area contributed by atoms with Gasteiger partial charge in [-0.15, -0.1) is 16.4 Å². The minimum absolute atomic E-state index is 0.148. The first-order chi connectivity index (χ1) is 15.7. The number of ether oxygens (including phenoxy) is 1. The van der Waals surface area contributed by atoms with E-state index in [0.717, 1.165) is 21.0 Å². The molecule has 5 aromatic rings. The smallest absolute Gasteiger partial charge is 0.251 e. The van der Waals surface area contributed by atoms with E-state index in [-0.39, 0.29) is 5.91 Å². The van der Waals surface area contributed by atoms with E-state index in [9.17, 15) is 4.79 Å². The fourth-order valence-electron chi connectivity index (χ4n) is 3.09. The summed E-state index contributed by atoms with van der Waals surface area (Å²) >= 11 is 1.52. The van der Waals surface area contributed by atoms with E-state index in [2.05, 4.69) is 30.4 Å². The zero-order valence-corrected chi connectivity index (χ0v) is 17.8. The number of aromatic nitrogens is 6. The molecule has 0 aliphatic carbocycles. The van der Waals surface area contributed by atoms with E-state index in [1.165, 1.54) is 17.7 Å². The molecule has 0 radical (unpaired) electrons. The fourth-order valence-corrected chi connectivity index (χ4v) is 3.93. The number of benzene rings is 1. The minimum atomic E-state index is -0.148. The Hall–Kier alpha value is -4.18. The highest BCUT2D eigenvalue weighted by molar-refractivity contribution is 7.15. The molecule has 4 heterocycles. The van der Waals surface area contributed by atoms with Gasteiger partial charge in [-0.1, -0.05) is 0 Å². The molecule has 9 nitrogen and oxygen atoms in total. The molecule has 4 aromatic heterocycles. The Morgan fingerprint density at radius 2 is 1.91 bits per heavy atom. The van der Waals surface area contributed by atoms with Crippen molar-refractivity contribution in [2.45, 2.75) is 6.54 Å². The lowest BCUT2D eigenvalue weighted by Crippen LogP contribution is -2.22. The number of amides is 1. The number of carbonyl (C=O) groups is 1. The molecular formula is C22H17N7O2S. The van der Waals surface area contributed by atoms with Crippen molar-refractivity contribution in [3.8, 4) is 27.7 Å². The van der Waals surface area contributed by atoms with Crippen molar-refractivity contribution in [3.63, 3.8) is 0 Å². The number of thiazole rings is 1. The van der Waals surface area contributed by atoms with Gasteiger partial charge in [0.15, 0.2) is 11.5 Å². The van der Waals surface area contributed by atoms with E-state index in [0.29, 0.717) is 29.3 Å². The Morgan fingerprint density at radius 1 is 1.09 bits per heavy atom. The van der Waals surface area contributed by atoms with Gasteiger partial charge in [0, 0.05) is 40.8 Å². The maximum atomic E-state index is 12.4. The normalized spacial score (nSPS) is 10.9. The molecule has 0 bridgehead atoms. The highest BCUT2D eigenvalue weighted by Gasteiger charge is 2.11. The van der Waals surface area contributed by atoms with Gasteiger partial charge in [-0.25, -0.2) is 24.5 Å². The van der Waals surface area contributed by atoms with Crippen LogP contribution in [0.4, 0.5) is 0 Å². The standard InChI is InChI=1S/C22H17N7O2S/c1-31-17-4-2-14(3-5-17)21(30)25-11-18-12-26-22(32-18)15-6-7-29-19(8-15)27-20(28-29)16-9-23-13-24-10-16/h2-10,12-13H,11H2,1H3,(H,25,30). The Balaban J connectivity index is 1.30. The first-order valence-electron chi connectivity index (χ1n) is 9.69. The lowest BCUT2D eigenvalue weighted by Gasteiger charge is -2.04. The molecule has 1 aromatic carbocycles. The summed E-state index contributed by atoms with van der Waals surface area (Å²) in [5.74, 6) is 1.12. The van der Waals surface area contributed by atoms with Gasteiger partial charge in [0.2, 0.25) is 0 Å². The van der Waals surface area contributed by atoms with Crippen molar-refractivity contribution in [2.75, 3.05) is 7.11 Å². The summed E-state index contributed by atoms with van der Waals surface area (Å²) in [6.45, 7) is 0.397. The van der Waals surface area contributed by atoms with Gasteiger partial charge >= 0.3 is 0 Å². The van der Waals surface area contributed by atoms with Crippen LogP contribution < -0.4 is 10.1 Å². The van der Waals surface area contributed by atoms with Crippen molar-refractivity contribution < 1.29 is 9.53 Å². The fraction of sp³-hybridized carbons (Fsp3) is 0.0909. The van der Waals surface area contributed by atoms with Crippen LogP contribution in [-0.2, 0) is 6.54 Å². The van der Waals surface area contributed by atoms with Crippen molar-refractivity contribution in [1.29, 1.82) is 0 Å². The number of rotatable bonds is 6. The lowest BCUT2D eigenvalue weighted by atomic mass is 10.2. The zero-order valence-electron chi connectivity index (χ0n) is 17.0. The number of methoxy groups -OCH3 is 1. The Kier molecular flexibility index (Phi) is 5.26. The van der Waals surface area contributed by atoms with Gasteiger partial charge in [0.05, 0.1) is 19.2 Å². The molecule has 0 fully saturated rings. The van der Waals surface area contributed by atoms with Crippen LogP contribution in [0.2, 0.25) is 0 Å². The van der Waals surface area contributed by atoms with E-state index in [1.807, 2.05) is 18.3 Å². The number of carbonyl (C=O) groups excluding carboxylic acids is 1. The first kappa shape index (κ1) is 19.8. The zero-order chi connectivity index (χ0) is 21.9. The summed E-state index contributed by atoms with van der Waals surface area (Å²) in [7, 11) is 1.59. The van der Waals surface area contributed by atoms with Gasteiger partial charge in [-0.3, -0.25) is 4.79 Å². The topological polar surface area (TPSA) is 107 Å². The van der Waals surface area contributed by atoms with Gasteiger partial charge in [-0.2, -0.15) is 0 Å². The van der Waals surface area contributed by atoms with Crippen molar-refractivity contribution >= 4 is 22.9 Å². The molecule has 158 valence electrons. The highest BCUT2D eigenvalue weighted by Crippen LogP contribution is 2.26. The summed E-state index contributed by atoms with van der Waals surface area (Å²) < 4.78 is 6.82. The molecule has 0 aliphatic rings. The van der Waals surface area contributed by atoms with Crippen LogP contribution in [0.1, 0.15) is 15.2 Å². The molecule has 0 saturated carbocycles.